The normalized spacial score (nSPS) is 10.6. The number of carbonyl (C=O) groups is 2. The second kappa shape index (κ2) is 10.2. The van der Waals surface area contributed by atoms with Crippen molar-refractivity contribution < 1.29 is 14.3 Å². The van der Waals surface area contributed by atoms with Crippen molar-refractivity contribution >= 4 is 40.0 Å². The van der Waals surface area contributed by atoms with Gasteiger partial charge in [0.25, 0.3) is 5.91 Å². The van der Waals surface area contributed by atoms with Gasteiger partial charge in [0.05, 0.1) is 24.1 Å². The number of anilines is 1. The zero-order chi connectivity index (χ0) is 21.5. The highest BCUT2D eigenvalue weighted by Gasteiger charge is 2.14. The minimum atomic E-state index is -0.210. The number of aromatic nitrogens is 4. The van der Waals surface area contributed by atoms with E-state index in [0.29, 0.717) is 40.4 Å². The number of thioether (sulfide) groups is 1. The second-order valence-electron chi connectivity index (χ2n) is 6.29. The largest absolute Gasteiger partial charge is 0.496 e. The van der Waals surface area contributed by atoms with E-state index < -0.39 is 0 Å². The highest BCUT2D eigenvalue weighted by molar-refractivity contribution is 7.99. The fraction of sp³-hybridized carbons (Fsp3) is 0.316. The molecule has 3 rings (SSSR count). The van der Waals surface area contributed by atoms with Gasteiger partial charge in [0, 0.05) is 25.4 Å². The van der Waals surface area contributed by atoms with E-state index in [1.165, 1.54) is 30.2 Å². The number of ether oxygens (including phenoxy) is 1. The first kappa shape index (κ1) is 21.8. The number of amides is 2. The maximum atomic E-state index is 12.3. The minimum Gasteiger partial charge on any atom is -0.496 e. The summed E-state index contributed by atoms with van der Waals surface area (Å²) in [6, 6.07) is 7.05. The summed E-state index contributed by atoms with van der Waals surface area (Å²) in [5.74, 6) is 1.09. The molecule has 9 nitrogen and oxygen atoms in total. The number of benzene rings is 1. The number of aryl methyl sites for hydroxylation is 1. The Kier molecular flexibility index (Phi) is 7.41. The summed E-state index contributed by atoms with van der Waals surface area (Å²) < 4.78 is 7.03. The molecule has 3 aromatic rings. The second-order valence-corrected chi connectivity index (χ2v) is 8.10. The molecule has 0 aliphatic carbocycles. The smallest absolute Gasteiger partial charge is 0.255 e. The Hall–Kier alpha value is -2.92. The molecule has 0 spiro atoms. The summed E-state index contributed by atoms with van der Waals surface area (Å²) in [6.45, 7) is 2.28. The summed E-state index contributed by atoms with van der Waals surface area (Å²) in [7, 11) is 3.37. The molecule has 30 heavy (non-hydrogen) atoms. The Balaban J connectivity index is 1.48. The molecule has 2 amide bonds. The Bertz CT molecular complexity index is 1030. The lowest BCUT2D eigenvalue weighted by molar-refractivity contribution is -0.113. The number of nitrogens with one attached hydrogen (secondary N) is 2. The van der Waals surface area contributed by atoms with E-state index in [1.54, 1.807) is 18.2 Å². The Labute approximate surface area is 182 Å². The molecule has 0 aliphatic heterocycles. The summed E-state index contributed by atoms with van der Waals surface area (Å²) in [4.78, 5) is 28.6. The van der Waals surface area contributed by atoms with Gasteiger partial charge in [-0.05, 0) is 19.1 Å². The van der Waals surface area contributed by atoms with Gasteiger partial charge in [0.2, 0.25) is 5.91 Å². The van der Waals surface area contributed by atoms with Crippen molar-refractivity contribution in [2.24, 2.45) is 7.05 Å². The van der Waals surface area contributed by atoms with Crippen LogP contribution in [0.5, 0.6) is 5.75 Å². The lowest BCUT2D eigenvalue weighted by Crippen LogP contribution is -2.26. The van der Waals surface area contributed by atoms with Crippen molar-refractivity contribution in [1.82, 2.24) is 25.1 Å². The molecule has 0 saturated carbocycles. The van der Waals surface area contributed by atoms with Gasteiger partial charge in [0.15, 0.2) is 10.3 Å². The molecule has 2 N–H and O–H groups in total. The van der Waals surface area contributed by atoms with Gasteiger partial charge in [-0.3, -0.25) is 9.59 Å². The van der Waals surface area contributed by atoms with Gasteiger partial charge in [-0.15, -0.1) is 21.5 Å². The first-order valence-corrected chi connectivity index (χ1v) is 11.0. The van der Waals surface area contributed by atoms with Crippen molar-refractivity contribution in [1.29, 1.82) is 0 Å². The number of thiazole rings is 1. The quantitative estimate of drug-likeness (QED) is 0.485. The number of nitrogens with zero attached hydrogens (tertiary/aromatic N) is 4. The SMILES string of the molecule is COc1ccccc1C(=O)NCCc1nnc(SCC(=O)Nc2nc(C)cs2)n1C. The lowest BCUT2D eigenvalue weighted by atomic mass is 10.2. The maximum Gasteiger partial charge on any atom is 0.255 e. The zero-order valence-corrected chi connectivity index (χ0v) is 18.5. The molecule has 0 fully saturated rings. The highest BCUT2D eigenvalue weighted by Crippen LogP contribution is 2.19. The number of hydrogen-bond donors (Lipinski definition) is 2. The fourth-order valence-corrected chi connectivity index (χ4v) is 4.03. The molecule has 0 saturated heterocycles. The van der Waals surface area contributed by atoms with Gasteiger partial charge in [-0.25, -0.2) is 4.98 Å². The number of methoxy groups -OCH3 is 1. The topological polar surface area (TPSA) is 111 Å². The third-order valence-electron chi connectivity index (χ3n) is 4.11. The van der Waals surface area contributed by atoms with Gasteiger partial charge in [-0.1, -0.05) is 23.9 Å². The minimum absolute atomic E-state index is 0.150. The van der Waals surface area contributed by atoms with Crippen molar-refractivity contribution in [3.05, 3.63) is 46.7 Å². The van der Waals surface area contributed by atoms with Crippen LogP contribution in [0, 0.1) is 6.92 Å². The number of hydrogen-bond acceptors (Lipinski definition) is 8. The van der Waals surface area contributed by atoms with E-state index in [2.05, 4.69) is 25.8 Å². The Morgan fingerprint density at radius 2 is 2.07 bits per heavy atom. The predicted molar refractivity (Wildman–Crippen MR) is 116 cm³/mol. The maximum absolute atomic E-state index is 12.3. The number of rotatable bonds is 9. The van der Waals surface area contributed by atoms with Crippen molar-refractivity contribution in [2.75, 3.05) is 24.7 Å². The van der Waals surface area contributed by atoms with Crippen molar-refractivity contribution in [3.63, 3.8) is 0 Å². The molecular weight excluding hydrogens is 424 g/mol. The van der Waals surface area contributed by atoms with Crippen LogP contribution in [0.4, 0.5) is 5.13 Å². The standard InChI is InChI=1S/C19H22N6O3S2/c1-12-10-29-18(21-12)22-16(26)11-30-19-24-23-15(25(19)2)8-9-20-17(27)13-6-4-5-7-14(13)28-3/h4-7,10H,8-9,11H2,1-3H3,(H,20,27)(H,21,22,26). The van der Waals surface area contributed by atoms with E-state index in [1.807, 2.05) is 30.0 Å². The highest BCUT2D eigenvalue weighted by atomic mass is 32.2. The number of para-hydroxylation sites is 1. The van der Waals surface area contributed by atoms with Crippen LogP contribution in [0.15, 0.2) is 34.8 Å². The summed E-state index contributed by atoms with van der Waals surface area (Å²) >= 11 is 2.68. The van der Waals surface area contributed by atoms with E-state index in [0.717, 1.165) is 5.69 Å². The molecule has 0 radical (unpaired) electrons. The van der Waals surface area contributed by atoms with Crippen LogP contribution >= 0.6 is 23.1 Å². The monoisotopic (exact) mass is 446 g/mol. The van der Waals surface area contributed by atoms with Crippen LogP contribution in [-0.4, -0.2) is 51.0 Å². The molecule has 2 heterocycles. The van der Waals surface area contributed by atoms with Crippen LogP contribution in [0.3, 0.4) is 0 Å². The molecule has 0 aliphatic rings. The van der Waals surface area contributed by atoms with E-state index in [9.17, 15) is 9.59 Å². The summed E-state index contributed by atoms with van der Waals surface area (Å²) in [5, 5.41) is 17.0. The van der Waals surface area contributed by atoms with Crippen LogP contribution in [-0.2, 0) is 18.3 Å². The fourth-order valence-electron chi connectivity index (χ4n) is 2.60. The number of carbonyl (C=O) groups excluding carboxylic acids is 2. The van der Waals surface area contributed by atoms with Gasteiger partial charge in [0.1, 0.15) is 11.6 Å². The van der Waals surface area contributed by atoms with Gasteiger partial charge in [-0.2, -0.15) is 0 Å². The zero-order valence-electron chi connectivity index (χ0n) is 16.8. The van der Waals surface area contributed by atoms with Crippen molar-refractivity contribution in [2.45, 2.75) is 18.5 Å². The van der Waals surface area contributed by atoms with Crippen LogP contribution < -0.4 is 15.4 Å². The summed E-state index contributed by atoms with van der Waals surface area (Å²) in [5.41, 5.74) is 1.36. The summed E-state index contributed by atoms with van der Waals surface area (Å²) in [6.07, 6.45) is 0.509. The van der Waals surface area contributed by atoms with Crippen LogP contribution in [0.25, 0.3) is 0 Å². The van der Waals surface area contributed by atoms with Gasteiger partial charge < -0.3 is 19.9 Å². The first-order chi connectivity index (χ1) is 14.5. The molecular formula is C19H22N6O3S2. The third-order valence-corrected chi connectivity index (χ3v) is 6.00. The van der Waals surface area contributed by atoms with E-state index in [-0.39, 0.29) is 17.6 Å². The molecule has 0 bridgehead atoms. The van der Waals surface area contributed by atoms with E-state index >= 15 is 0 Å². The Morgan fingerprint density at radius 1 is 1.27 bits per heavy atom. The predicted octanol–water partition coefficient (Wildman–Crippen LogP) is 2.29. The van der Waals surface area contributed by atoms with E-state index in [4.69, 9.17) is 4.74 Å². The average Bonchev–Trinajstić information content (AvgIpc) is 3.31. The molecule has 11 heteroatoms. The lowest BCUT2D eigenvalue weighted by Gasteiger charge is -2.09. The van der Waals surface area contributed by atoms with Gasteiger partial charge >= 0.3 is 0 Å². The molecule has 0 unspecified atom stereocenters. The van der Waals surface area contributed by atoms with Crippen LogP contribution in [0.1, 0.15) is 21.9 Å². The van der Waals surface area contributed by atoms with Crippen LogP contribution in [0.2, 0.25) is 0 Å². The average molecular weight is 447 g/mol. The molecule has 0 atom stereocenters. The van der Waals surface area contributed by atoms with Crippen molar-refractivity contribution in [3.8, 4) is 5.75 Å². The first-order valence-electron chi connectivity index (χ1n) is 9.12. The Morgan fingerprint density at radius 3 is 2.80 bits per heavy atom. The molecule has 2 aromatic heterocycles. The molecule has 158 valence electrons. The molecule has 1 aromatic carbocycles. The third kappa shape index (κ3) is 5.57.